The van der Waals surface area contributed by atoms with E-state index in [4.69, 9.17) is 0 Å². The zero-order chi connectivity index (χ0) is 5.98. The third kappa shape index (κ3) is 1.07. The van der Waals surface area contributed by atoms with Crippen molar-refractivity contribution in [3.63, 3.8) is 0 Å². The molecule has 1 fully saturated rings. The number of rotatable bonds is 2. The van der Waals surface area contributed by atoms with Crippen molar-refractivity contribution in [1.29, 1.82) is 0 Å². The van der Waals surface area contributed by atoms with Crippen LogP contribution in [0.15, 0.2) is 0 Å². The van der Waals surface area contributed by atoms with Gasteiger partial charge in [0.15, 0.2) is 0 Å². The van der Waals surface area contributed by atoms with Gasteiger partial charge in [-0.25, -0.2) is 0 Å². The van der Waals surface area contributed by atoms with E-state index < -0.39 is 0 Å². The second kappa shape index (κ2) is 2.56. The lowest BCUT2D eigenvalue weighted by Crippen LogP contribution is -2.36. The molecule has 0 saturated heterocycles. The lowest BCUT2D eigenvalue weighted by atomic mass is 9.82. The van der Waals surface area contributed by atoms with Crippen LogP contribution in [0.1, 0.15) is 12.8 Å². The van der Waals surface area contributed by atoms with Gasteiger partial charge in [-0.3, -0.25) is 5.09 Å². The van der Waals surface area contributed by atoms with E-state index in [0.717, 1.165) is 19.1 Å². The zero-order valence-corrected chi connectivity index (χ0v) is 5.79. The van der Waals surface area contributed by atoms with Crippen molar-refractivity contribution in [2.45, 2.75) is 18.9 Å². The van der Waals surface area contributed by atoms with Crippen LogP contribution in [0.5, 0.6) is 0 Å². The maximum atomic E-state index is 10.0. The summed E-state index contributed by atoms with van der Waals surface area (Å²) in [6.07, 6.45) is 3.08. The minimum atomic E-state index is 0.341. The number of hydrogen-bond donors (Lipinski definition) is 1. The van der Waals surface area contributed by atoms with Crippen molar-refractivity contribution in [2.24, 2.45) is 5.92 Å². The van der Waals surface area contributed by atoms with Crippen molar-refractivity contribution in [2.75, 3.05) is 0 Å². The Hall–Kier alpha value is 0.0600. The van der Waals surface area contributed by atoms with E-state index in [9.17, 15) is 4.79 Å². The highest BCUT2D eigenvalue weighted by molar-refractivity contribution is 7.13. The molecule has 1 saturated carbocycles. The largest absolute Gasteiger partial charge is 0.303 e. The highest BCUT2D eigenvalue weighted by atomic mass is 31.0. The van der Waals surface area contributed by atoms with Crippen LogP contribution in [0.2, 0.25) is 0 Å². The Kier molecular flexibility index (Phi) is 1.98. The first-order valence-corrected chi connectivity index (χ1v) is 3.36. The normalized spacial score (nSPS) is 36.1. The quantitative estimate of drug-likeness (QED) is 0.432. The summed E-state index contributed by atoms with van der Waals surface area (Å²) >= 11 is 0. The summed E-state index contributed by atoms with van der Waals surface area (Å²) in [6.45, 7) is 0. The zero-order valence-electron chi connectivity index (χ0n) is 4.63. The highest BCUT2D eigenvalue weighted by Crippen LogP contribution is 2.25. The standard InChI is InChI=1S/C5H10NOP/c7-3-4-1-5(2-4)6-8/h3-6H,1-2,8H2/t4-,5-. The molecule has 1 aliphatic carbocycles. The Labute approximate surface area is 51.3 Å². The molecule has 1 atom stereocenters. The fourth-order valence-corrected chi connectivity index (χ4v) is 1.18. The second-order valence-corrected chi connectivity index (χ2v) is 2.56. The summed E-state index contributed by atoms with van der Waals surface area (Å²) in [5, 5.41) is 3.02. The molecule has 3 heteroatoms. The van der Waals surface area contributed by atoms with Crippen LogP contribution in [0.3, 0.4) is 0 Å². The Morgan fingerprint density at radius 1 is 1.62 bits per heavy atom. The van der Waals surface area contributed by atoms with E-state index >= 15 is 0 Å². The molecule has 0 aromatic carbocycles. The summed E-state index contributed by atoms with van der Waals surface area (Å²) in [5.41, 5.74) is 0. The SMILES string of the molecule is O=C[C@H]1C[C@H](NP)C1. The van der Waals surface area contributed by atoms with Gasteiger partial charge in [0.2, 0.25) is 0 Å². The molecule has 0 spiro atoms. The van der Waals surface area contributed by atoms with Gasteiger partial charge in [0.25, 0.3) is 0 Å². The van der Waals surface area contributed by atoms with Gasteiger partial charge in [-0.1, -0.05) is 9.39 Å². The van der Waals surface area contributed by atoms with Crippen LogP contribution in [-0.2, 0) is 4.79 Å². The van der Waals surface area contributed by atoms with Gasteiger partial charge in [-0.2, -0.15) is 0 Å². The smallest absolute Gasteiger partial charge is 0.123 e. The summed E-state index contributed by atoms with van der Waals surface area (Å²) in [6, 6.07) is 0.579. The number of carbonyl (C=O) groups is 1. The maximum absolute atomic E-state index is 10.0. The average molecular weight is 131 g/mol. The molecule has 46 valence electrons. The molecular weight excluding hydrogens is 121 g/mol. The Bertz CT molecular complexity index is 90.4. The van der Waals surface area contributed by atoms with Gasteiger partial charge in [-0.15, -0.1) is 0 Å². The Balaban J connectivity index is 2.11. The summed E-state index contributed by atoms with van der Waals surface area (Å²) in [4.78, 5) is 10.0. The average Bonchev–Trinajstić information content (AvgIpc) is 1.65. The van der Waals surface area contributed by atoms with Crippen molar-refractivity contribution >= 4 is 15.7 Å². The first-order chi connectivity index (χ1) is 3.86. The fourth-order valence-electron chi connectivity index (χ4n) is 0.909. The molecule has 1 unspecified atom stereocenters. The molecule has 0 amide bonds. The number of aldehydes is 1. The van der Waals surface area contributed by atoms with Crippen molar-refractivity contribution in [1.82, 2.24) is 5.09 Å². The lowest BCUT2D eigenvalue weighted by Gasteiger charge is -2.30. The predicted octanol–water partition coefficient (Wildman–Crippen LogP) is 0.344. The predicted molar refractivity (Wildman–Crippen MR) is 35.4 cm³/mol. The molecule has 0 heterocycles. The van der Waals surface area contributed by atoms with Gasteiger partial charge in [-0.05, 0) is 12.8 Å². The van der Waals surface area contributed by atoms with Gasteiger partial charge < -0.3 is 4.79 Å². The number of nitrogens with one attached hydrogen (secondary N) is 1. The van der Waals surface area contributed by atoms with E-state index in [1.807, 2.05) is 0 Å². The van der Waals surface area contributed by atoms with Gasteiger partial charge in [0.05, 0.1) is 0 Å². The topological polar surface area (TPSA) is 29.1 Å². The van der Waals surface area contributed by atoms with Gasteiger partial charge in [0, 0.05) is 12.0 Å². The Morgan fingerprint density at radius 3 is 2.62 bits per heavy atom. The molecule has 0 aromatic heterocycles. The van der Waals surface area contributed by atoms with Crippen LogP contribution in [0.25, 0.3) is 0 Å². The van der Waals surface area contributed by atoms with Crippen LogP contribution in [0.4, 0.5) is 0 Å². The molecule has 8 heavy (non-hydrogen) atoms. The van der Waals surface area contributed by atoms with E-state index in [0.29, 0.717) is 12.0 Å². The van der Waals surface area contributed by atoms with Crippen molar-refractivity contribution < 1.29 is 4.79 Å². The number of carbonyl (C=O) groups excluding carboxylic acids is 1. The minimum Gasteiger partial charge on any atom is -0.303 e. The van der Waals surface area contributed by atoms with E-state index in [1.165, 1.54) is 0 Å². The molecule has 0 radical (unpaired) electrons. The third-order valence-electron chi connectivity index (χ3n) is 1.60. The van der Waals surface area contributed by atoms with Crippen LogP contribution in [-0.4, -0.2) is 12.3 Å². The molecule has 1 N–H and O–H groups in total. The lowest BCUT2D eigenvalue weighted by molar-refractivity contribution is -0.113. The van der Waals surface area contributed by atoms with E-state index in [2.05, 4.69) is 14.5 Å². The molecule has 0 aliphatic heterocycles. The van der Waals surface area contributed by atoms with E-state index in [1.54, 1.807) is 0 Å². The third-order valence-corrected chi connectivity index (χ3v) is 2.07. The first kappa shape index (κ1) is 6.18. The Morgan fingerprint density at radius 2 is 2.25 bits per heavy atom. The molecule has 0 bridgehead atoms. The fraction of sp³-hybridized carbons (Fsp3) is 0.800. The van der Waals surface area contributed by atoms with Crippen LogP contribution >= 0.6 is 9.39 Å². The number of hydrogen-bond acceptors (Lipinski definition) is 2. The monoisotopic (exact) mass is 131 g/mol. The summed E-state index contributed by atoms with van der Waals surface area (Å²) < 4.78 is 0. The van der Waals surface area contributed by atoms with Crippen LogP contribution < -0.4 is 5.09 Å². The molecule has 2 nitrogen and oxygen atoms in total. The van der Waals surface area contributed by atoms with Crippen molar-refractivity contribution in [3.8, 4) is 0 Å². The van der Waals surface area contributed by atoms with Gasteiger partial charge in [0.1, 0.15) is 6.29 Å². The van der Waals surface area contributed by atoms with E-state index in [-0.39, 0.29) is 0 Å². The maximum Gasteiger partial charge on any atom is 0.123 e. The highest BCUT2D eigenvalue weighted by Gasteiger charge is 2.26. The molecule has 1 aliphatic rings. The van der Waals surface area contributed by atoms with Crippen molar-refractivity contribution in [3.05, 3.63) is 0 Å². The molecular formula is C5H10NOP. The first-order valence-electron chi connectivity index (χ1n) is 2.78. The van der Waals surface area contributed by atoms with Gasteiger partial charge >= 0.3 is 0 Å². The minimum absolute atomic E-state index is 0.341. The van der Waals surface area contributed by atoms with Crippen LogP contribution in [0, 0.1) is 5.92 Å². The molecule has 0 aromatic rings. The summed E-state index contributed by atoms with van der Waals surface area (Å²) in [5.74, 6) is 0.341. The molecule has 1 rings (SSSR count). The summed E-state index contributed by atoms with van der Waals surface area (Å²) in [7, 11) is 2.46. The second-order valence-electron chi connectivity index (χ2n) is 2.23.